The first kappa shape index (κ1) is 16.5. The van der Waals surface area contributed by atoms with Gasteiger partial charge in [-0.1, -0.05) is 54.1 Å². The van der Waals surface area contributed by atoms with Crippen LogP contribution in [-0.2, 0) is 0 Å². The van der Waals surface area contributed by atoms with Crippen molar-refractivity contribution in [1.82, 2.24) is 5.32 Å². The number of benzene rings is 3. The van der Waals surface area contributed by atoms with Crippen LogP contribution in [0.2, 0.25) is 5.02 Å². The molecule has 1 unspecified atom stereocenters. The molecule has 3 aromatic rings. The van der Waals surface area contributed by atoms with E-state index >= 15 is 0 Å². The number of amides is 1. The van der Waals surface area contributed by atoms with Crippen molar-refractivity contribution in [2.24, 2.45) is 0 Å². The van der Waals surface area contributed by atoms with E-state index in [4.69, 9.17) is 11.6 Å². The second kappa shape index (κ2) is 7.47. The Kier molecular flexibility index (Phi) is 5.14. The van der Waals surface area contributed by atoms with Crippen molar-refractivity contribution >= 4 is 28.3 Å². The summed E-state index contributed by atoms with van der Waals surface area (Å²) in [5.74, 6) is -0.170. The van der Waals surface area contributed by atoms with E-state index in [9.17, 15) is 9.90 Å². The van der Waals surface area contributed by atoms with E-state index in [0.717, 1.165) is 16.3 Å². The van der Waals surface area contributed by atoms with Crippen LogP contribution in [0.25, 0.3) is 10.8 Å². The van der Waals surface area contributed by atoms with Gasteiger partial charge in [0.25, 0.3) is 5.91 Å². The molecule has 0 aliphatic carbocycles. The molecule has 0 aromatic heterocycles. The fourth-order valence-corrected chi connectivity index (χ4v) is 2.85. The van der Waals surface area contributed by atoms with Crippen molar-refractivity contribution in [3.05, 3.63) is 82.9 Å². The van der Waals surface area contributed by atoms with Gasteiger partial charge in [0.1, 0.15) is 0 Å². The van der Waals surface area contributed by atoms with Gasteiger partial charge in [-0.05, 0) is 47.0 Å². The van der Waals surface area contributed by atoms with Gasteiger partial charge in [-0.25, -0.2) is 0 Å². The molecule has 0 heterocycles. The Morgan fingerprint density at radius 1 is 1.00 bits per heavy atom. The highest BCUT2D eigenvalue weighted by molar-refractivity contribution is 6.30. The summed E-state index contributed by atoms with van der Waals surface area (Å²) in [6, 6.07) is 20.6. The smallest absolute Gasteiger partial charge is 0.251 e. The predicted octanol–water partition coefficient (Wildman–Crippen LogP) is 4.35. The van der Waals surface area contributed by atoms with Gasteiger partial charge in [0.05, 0.1) is 6.10 Å². The standard InChI is InChI=1S/C20H18ClNO2/c21-16-10-8-15(9-11-16)20(24)22-13-12-19(23)18-7-3-5-14-4-1-2-6-17(14)18/h1-11,19,23H,12-13H2,(H,22,24). The first-order chi connectivity index (χ1) is 11.6. The number of fused-ring (bicyclic) bond motifs is 1. The van der Waals surface area contributed by atoms with Crippen LogP contribution in [-0.4, -0.2) is 17.6 Å². The van der Waals surface area contributed by atoms with E-state index in [1.54, 1.807) is 24.3 Å². The van der Waals surface area contributed by atoms with Crippen LogP contribution in [0.1, 0.15) is 28.4 Å². The third kappa shape index (κ3) is 3.75. The van der Waals surface area contributed by atoms with Gasteiger partial charge in [0.15, 0.2) is 0 Å². The molecule has 3 aromatic carbocycles. The quantitative estimate of drug-likeness (QED) is 0.726. The highest BCUT2D eigenvalue weighted by Gasteiger charge is 2.12. The highest BCUT2D eigenvalue weighted by Crippen LogP contribution is 2.25. The van der Waals surface area contributed by atoms with Crippen molar-refractivity contribution in [3.63, 3.8) is 0 Å². The van der Waals surface area contributed by atoms with Gasteiger partial charge in [-0.3, -0.25) is 4.79 Å². The van der Waals surface area contributed by atoms with Crippen LogP contribution < -0.4 is 5.32 Å². The fourth-order valence-electron chi connectivity index (χ4n) is 2.72. The molecule has 1 atom stereocenters. The van der Waals surface area contributed by atoms with Gasteiger partial charge in [0.2, 0.25) is 0 Å². The summed E-state index contributed by atoms with van der Waals surface area (Å²) in [7, 11) is 0. The Bertz CT molecular complexity index is 840. The van der Waals surface area contributed by atoms with E-state index < -0.39 is 6.10 Å². The first-order valence-electron chi connectivity index (χ1n) is 7.84. The Labute approximate surface area is 145 Å². The molecule has 0 spiro atoms. The lowest BCUT2D eigenvalue weighted by Gasteiger charge is -2.14. The molecule has 0 radical (unpaired) electrons. The van der Waals surface area contributed by atoms with Crippen LogP contribution in [0, 0.1) is 0 Å². The molecule has 0 saturated heterocycles. The number of halogens is 1. The lowest BCUT2D eigenvalue weighted by Crippen LogP contribution is -2.25. The van der Waals surface area contributed by atoms with E-state index in [1.165, 1.54) is 0 Å². The fraction of sp³-hybridized carbons (Fsp3) is 0.150. The second-order valence-electron chi connectivity index (χ2n) is 5.64. The summed E-state index contributed by atoms with van der Waals surface area (Å²) in [4.78, 5) is 12.1. The number of hydrogen-bond acceptors (Lipinski definition) is 2. The normalized spacial score (nSPS) is 12.1. The summed E-state index contributed by atoms with van der Waals surface area (Å²) < 4.78 is 0. The number of aliphatic hydroxyl groups excluding tert-OH is 1. The van der Waals surface area contributed by atoms with Crippen LogP contribution in [0.15, 0.2) is 66.7 Å². The minimum atomic E-state index is -0.624. The van der Waals surface area contributed by atoms with Gasteiger partial charge >= 0.3 is 0 Å². The number of aliphatic hydroxyl groups is 1. The van der Waals surface area contributed by atoms with Crippen molar-refractivity contribution < 1.29 is 9.90 Å². The molecule has 1 amide bonds. The Hall–Kier alpha value is -2.36. The molecule has 0 aliphatic heterocycles. The number of nitrogens with one attached hydrogen (secondary N) is 1. The Morgan fingerprint density at radius 2 is 1.71 bits per heavy atom. The third-order valence-electron chi connectivity index (χ3n) is 3.99. The molecule has 0 bridgehead atoms. The first-order valence-corrected chi connectivity index (χ1v) is 8.22. The molecule has 122 valence electrons. The summed E-state index contributed by atoms with van der Waals surface area (Å²) in [6.07, 6.45) is -0.172. The molecule has 2 N–H and O–H groups in total. The van der Waals surface area contributed by atoms with E-state index in [0.29, 0.717) is 23.6 Å². The van der Waals surface area contributed by atoms with Crippen LogP contribution in [0.5, 0.6) is 0 Å². The van der Waals surface area contributed by atoms with E-state index in [-0.39, 0.29) is 5.91 Å². The minimum absolute atomic E-state index is 0.170. The predicted molar refractivity (Wildman–Crippen MR) is 97.3 cm³/mol. The maximum absolute atomic E-state index is 12.1. The molecule has 0 saturated carbocycles. The van der Waals surface area contributed by atoms with Gasteiger partial charge in [-0.2, -0.15) is 0 Å². The minimum Gasteiger partial charge on any atom is -0.388 e. The van der Waals surface area contributed by atoms with Crippen molar-refractivity contribution in [2.45, 2.75) is 12.5 Å². The topological polar surface area (TPSA) is 49.3 Å². The van der Waals surface area contributed by atoms with Crippen LogP contribution >= 0.6 is 11.6 Å². The number of carbonyl (C=O) groups is 1. The van der Waals surface area contributed by atoms with Crippen molar-refractivity contribution in [2.75, 3.05) is 6.54 Å². The molecular weight excluding hydrogens is 322 g/mol. The second-order valence-corrected chi connectivity index (χ2v) is 6.07. The number of carbonyl (C=O) groups excluding carboxylic acids is 1. The molecule has 4 heteroatoms. The van der Waals surface area contributed by atoms with Crippen molar-refractivity contribution in [3.8, 4) is 0 Å². The van der Waals surface area contributed by atoms with E-state index in [1.807, 2.05) is 42.5 Å². The molecular formula is C20H18ClNO2. The maximum Gasteiger partial charge on any atom is 0.251 e. The lowest BCUT2D eigenvalue weighted by molar-refractivity contribution is 0.0943. The van der Waals surface area contributed by atoms with Gasteiger partial charge < -0.3 is 10.4 Å². The van der Waals surface area contributed by atoms with Gasteiger partial charge in [0, 0.05) is 17.1 Å². The zero-order chi connectivity index (χ0) is 16.9. The lowest BCUT2D eigenvalue weighted by atomic mass is 9.99. The van der Waals surface area contributed by atoms with E-state index in [2.05, 4.69) is 5.32 Å². The Morgan fingerprint density at radius 3 is 2.50 bits per heavy atom. The van der Waals surface area contributed by atoms with Gasteiger partial charge in [-0.15, -0.1) is 0 Å². The zero-order valence-electron chi connectivity index (χ0n) is 13.1. The monoisotopic (exact) mass is 339 g/mol. The van der Waals surface area contributed by atoms with Crippen LogP contribution in [0.3, 0.4) is 0 Å². The average molecular weight is 340 g/mol. The van der Waals surface area contributed by atoms with Crippen molar-refractivity contribution in [1.29, 1.82) is 0 Å². The Balaban J connectivity index is 1.62. The third-order valence-corrected chi connectivity index (χ3v) is 4.24. The molecule has 3 nitrogen and oxygen atoms in total. The molecule has 0 aliphatic rings. The molecule has 0 fully saturated rings. The average Bonchev–Trinajstić information content (AvgIpc) is 2.61. The number of hydrogen-bond donors (Lipinski definition) is 2. The number of rotatable bonds is 5. The summed E-state index contributed by atoms with van der Waals surface area (Å²) in [5.41, 5.74) is 1.44. The molecule has 24 heavy (non-hydrogen) atoms. The summed E-state index contributed by atoms with van der Waals surface area (Å²) in [5, 5.41) is 16.0. The largest absolute Gasteiger partial charge is 0.388 e. The molecule has 3 rings (SSSR count). The maximum atomic E-state index is 12.1. The zero-order valence-corrected chi connectivity index (χ0v) is 13.8. The SMILES string of the molecule is O=C(NCCC(O)c1cccc2ccccc12)c1ccc(Cl)cc1. The summed E-state index contributed by atoms with van der Waals surface area (Å²) in [6.45, 7) is 0.395. The van der Waals surface area contributed by atoms with Crippen LogP contribution in [0.4, 0.5) is 0 Å². The summed E-state index contributed by atoms with van der Waals surface area (Å²) >= 11 is 5.81. The highest BCUT2D eigenvalue weighted by atomic mass is 35.5.